The highest BCUT2D eigenvalue weighted by Gasteiger charge is 2.16. The standard InChI is InChI=1S/C4H6BrNO.CH4O/c5-6-3-1-2-4(6)7;1-2/h1-3H2;2H,1H3. The Morgan fingerprint density at radius 3 is 2.33 bits per heavy atom. The molecule has 0 aliphatic carbocycles. The van der Waals surface area contributed by atoms with E-state index in [1.54, 1.807) is 3.93 Å². The van der Waals surface area contributed by atoms with Crippen molar-refractivity contribution in [2.75, 3.05) is 13.7 Å². The second-order valence-electron chi connectivity index (χ2n) is 1.58. The number of halogens is 1. The number of rotatable bonds is 0. The fourth-order valence-corrected chi connectivity index (χ4v) is 1.04. The Morgan fingerprint density at radius 2 is 2.22 bits per heavy atom. The van der Waals surface area contributed by atoms with Crippen molar-refractivity contribution in [3.63, 3.8) is 0 Å². The predicted octanol–water partition coefficient (Wildman–Crippen LogP) is 0.527. The highest BCUT2D eigenvalue weighted by atomic mass is 79.9. The quantitative estimate of drug-likeness (QED) is 0.574. The third kappa shape index (κ3) is 2.81. The summed E-state index contributed by atoms with van der Waals surface area (Å²) in [4.78, 5) is 10.5. The molecule has 0 spiro atoms. The van der Waals surface area contributed by atoms with E-state index in [1.807, 2.05) is 0 Å². The van der Waals surface area contributed by atoms with Crippen LogP contribution >= 0.6 is 16.1 Å². The third-order valence-electron chi connectivity index (χ3n) is 1.02. The molecular formula is C5H10BrNO2. The molecule has 1 rings (SSSR count). The summed E-state index contributed by atoms with van der Waals surface area (Å²) in [7, 11) is 1.00. The maximum absolute atomic E-state index is 10.5. The summed E-state index contributed by atoms with van der Waals surface area (Å²) in [5.74, 6) is 0.208. The fraction of sp³-hybridized carbons (Fsp3) is 0.800. The van der Waals surface area contributed by atoms with Gasteiger partial charge in [-0.3, -0.25) is 8.72 Å². The predicted molar refractivity (Wildman–Crippen MR) is 38.0 cm³/mol. The molecule has 3 nitrogen and oxygen atoms in total. The van der Waals surface area contributed by atoms with Crippen LogP contribution in [0.5, 0.6) is 0 Å². The van der Waals surface area contributed by atoms with E-state index in [0.717, 1.165) is 20.1 Å². The number of hydrogen-bond donors (Lipinski definition) is 1. The van der Waals surface area contributed by atoms with Gasteiger partial charge in [-0.05, 0) is 6.42 Å². The summed E-state index contributed by atoms with van der Waals surface area (Å²) in [6.45, 7) is 0.874. The summed E-state index contributed by atoms with van der Waals surface area (Å²) < 4.78 is 1.58. The Balaban J connectivity index is 0.000000291. The Labute approximate surface area is 63.0 Å². The molecule has 9 heavy (non-hydrogen) atoms. The van der Waals surface area contributed by atoms with E-state index >= 15 is 0 Å². The smallest absolute Gasteiger partial charge is 0.232 e. The van der Waals surface area contributed by atoms with Crippen molar-refractivity contribution < 1.29 is 9.90 Å². The lowest BCUT2D eigenvalue weighted by Crippen LogP contribution is -2.10. The van der Waals surface area contributed by atoms with Gasteiger partial charge >= 0.3 is 0 Å². The van der Waals surface area contributed by atoms with Crippen molar-refractivity contribution >= 4 is 22.1 Å². The fourth-order valence-electron chi connectivity index (χ4n) is 0.615. The van der Waals surface area contributed by atoms with Crippen LogP contribution in [-0.4, -0.2) is 28.6 Å². The van der Waals surface area contributed by atoms with Crippen LogP contribution in [0.2, 0.25) is 0 Å². The second kappa shape index (κ2) is 4.76. The van der Waals surface area contributed by atoms with Gasteiger partial charge in [-0.25, -0.2) is 0 Å². The molecule has 1 aliphatic heterocycles. The second-order valence-corrected chi connectivity index (χ2v) is 2.44. The molecule has 54 valence electrons. The normalized spacial score (nSPS) is 17.2. The van der Waals surface area contributed by atoms with Crippen LogP contribution in [-0.2, 0) is 4.79 Å². The van der Waals surface area contributed by atoms with Gasteiger partial charge in [-0.2, -0.15) is 0 Å². The first kappa shape index (κ1) is 8.91. The van der Waals surface area contributed by atoms with Crippen LogP contribution in [0.25, 0.3) is 0 Å². The average molecular weight is 196 g/mol. The SMILES string of the molecule is CO.O=C1CCCN1Br. The van der Waals surface area contributed by atoms with Crippen LogP contribution in [0.15, 0.2) is 0 Å². The highest BCUT2D eigenvalue weighted by molar-refractivity contribution is 9.07. The van der Waals surface area contributed by atoms with Gasteiger partial charge in [0.2, 0.25) is 5.91 Å². The zero-order valence-electron chi connectivity index (χ0n) is 5.30. The molecule has 1 N–H and O–H groups in total. The molecule has 0 radical (unpaired) electrons. The maximum atomic E-state index is 10.5. The van der Waals surface area contributed by atoms with E-state index in [1.165, 1.54) is 0 Å². The van der Waals surface area contributed by atoms with Gasteiger partial charge in [0, 0.05) is 20.1 Å². The van der Waals surface area contributed by atoms with E-state index in [9.17, 15) is 4.79 Å². The van der Waals surface area contributed by atoms with Crippen LogP contribution < -0.4 is 0 Å². The van der Waals surface area contributed by atoms with Crippen LogP contribution in [0.3, 0.4) is 0 Å². The minimum absolute atomic E-state index is 0.208. The van der Waals surface area contributed by atoms with Gasteiger partial charge in [-0.1, -0.05) is 0 Å². The lowest BCUT2D eigenvalue weighted by Gasteiger charge is -1.99. The molecule has 0 aromatic carbocycles. The molecule has 1 heterocycles. The number of carbonyl (C=O) groups is 1. The monoisotopic (exact) mass is 195 g/mol. The summed E-state index contributed by atoms with van der Waals surface area (Å²) in [6, 6.07) is 0. The van der Waals surface area contributed by atoms with Crippen molar-refractivity contribution in [2.24, 2.45) is 0 Å². The minimum Gasteiger partial charge on any atom is -0.400 e. The van der Waals surface area contributed by atoms with Gasteiger partial charge in [0.05, 0.1) is 16.1 Å². The Morgan fingerprint density at radius 1 is 1.67 bits per heavy atom. The molecule has 0 aromatic heterocycles. The van der Waals surface area contributed by atoms with Gasteiger partial charge in [0.25, 0.3) is 0 Å². The molecule has 4 heteroatoms. The molecule has 0 unspecified atom stereocenters. The third-order valence-corrected chi connectivity index (χ3v) is 1.77. The molecule has 0 bridgehead atoms. The molecule has 0 atom stereocenters. The zero-order valence-corrected chi connectivity index (χ0v) is 6.89. The van der Waals surface area contributed by atoms with Gasteiger partial charge in [0.1, 0.15) is 0 Å². The topological polar surface area (TPSA) is 40.5 Å². The summed E-state index contributed by atoms with van der Waals surface area (Å²) >= 11 is 3.09. The van der Waals surface area contributed by atoms with Crippen LogP contribution in [0.1, 0.15) is 12.8 Å². The van der Waals surface area contributed by atoms with Crippen molar-refractivity contribution in [3.8, 4) is 0 Å². The zero-order chi connectivity index (χ0) is 7.28. The molecule has 0 saturated carbocycles. The first-order valence-electron chi connectivity index (χ1n) is 2.71. The number of hydrogen-bond acceptors (Lipinski definition) is 2. The molecule has 0 aromatic rings. The number of aliphatic hydroxyl groups excluding tert-OH is 1. The van der Waals surface area contributed by atoms with Gasteiger partial charge in [-0.15, -0.1) is 0 Å². The minimum atomic E-state index is 0.208. The number of carbonyl (C=O) groups excluding carboxylic acids is 1. The molecular weight excluding hydrogens is 186 g/mol. The van der Waals surface area contributed by atoms with Gasteiger partial charge in [0.15, 0.2) is 0 Å². The largest absolute Gasteiger partial charge is 0.400 e. The van der Waals surface area contributed by atoms with E-state index < -0.39 is 0 Å². The molecule has 1 amide bonds. The summed E-state index contributed by atoms with van der Waals surface area (Å²) in [5.41, 5.74) is 0. The van der Waals surface area contributed by atoms with E-state index in [4.69, 9.17) is 5.11 Å². The lowest BCUT2D eigenvalue weighted by molar-refractivity contribution is -0.123. The van der Waals surface area contributed by atoms with E-state index in [0.29, 0.717) is 6.42 Å². The van der Waals surface area contributed by atoms with Crippen molar-refractivity contribution in [3.05, 3.63) is 0 Å². The molecule has 1 aliphatic rings. The summed E-state index contributed by atoms with van der Waals surface area (Å²) in [5, 5.41) is 7.00. The maximum Gasteiger partial charge on any atom is 0.232 e. The van der Waals surface area contributed by atoms with Crippen molar-refractivity contribution in [1.29, 1.82) is 0 Å². The Kier molecular flexibility index (Phi) is 4.71. The lowest BCUT2D eigenvalue weighted by atomic mass is 10.4. The number of nitrogens with zero attached hydrogens (tertiary/aromatic N) is 1. The van der Waals surface area contributed by atoms with E-state index in [2.05, 4.69) is 16.1 Å². The number of amides is 1. The Bertz CT molecular complexity index is 97.0. The summed E-state index contributed by atoms with van der Waals surface area (Å²) in [6.07, 6.45) is 1.72. The Hall–Kier alpha value is -0.0900. The van der Waals surface area contributed by atoms with Gasteiger partial charge < -0.3 is 5.11 Å². The van der Waals surface area contributed by atoms with E-state index in [-0.39, 0.29) is 5.91 Å². The van der Waals surface area contributed by atoms with Crippen molar-refractivity contribution in [1.82, 2.24) is 3.93 Å². The molecule has 1 saturated heterocycles. The first-order valence-corrected chi connectivity index (χ1v) is 3.42. The average Bonchev–Trinajstić information content (AvgIpc) is 2.23. The van der Waals surface area contributed by atoms with Crippen LogP contribution in [0, 0.1) is 0 Å². The highest BCUT2D eigenvalue weighted by Crippen LogP contribution is 2.12. The first-order chi connectivity index (χ1) is 4.30. The van der Waals surface area contributed by atoms with Crippen molar-refractivity contribution in [2.45, 2.75) is 12.8 Å². The molecule has 1 fully saturated rings. The van der Waals surface area contributed by atoms with Crippen LogP contribution in [0.4, 0.5) is 0 Å². The number of aliphatic hydroxyl groups is 1.